The van der Waals surface area contributed by atoms with Gasteiger partial charge in [-0.2, -0.15) is 0 Å². The summed E-state index contributed by atoms with van der Waals surface area (Å²) < 4.78 is 20.8. The number of halogens is 1. The Labute approximate surface area is 193 Å². The van der Waals surface area contributed by atoms with E-state index in [0.29, 0.717) is 35.2 Å². The van der Waals surface area contributed by atoms with Gasteiger partial charge in [0, 0.05) is 31.4 Å². The molecule has 174 valence electrons. The van der Waals surface area contributed by atoms with Crippen LogP contribution < -0.4 is 15.6 Å². The molecule has 0 amide bonds. The first kappa shape index (κ1) is 22.8. The summed E-state index contributed by atoms with van der Waals surface area (Å²) >= 11 is 0. The Morgan fingerprint density at radius 3 is 2.61 bits per heavy atom. The quantitative estimate of drug-likeness (QED) is 0.553. The van der Waals surface area contributed by atoms with Crippen molar-refractivity contribution in [3.8, 4) is 5.75 Å². The number of hydrogen-bond donors (Lipinski definition) is 1. The number of nitrogens with zero attached hydrogens (tertiary/aromatic N) is 3. The van der Waals surface area contributed by atoms with Crippen molar-refractivity contribution >= 4 is 16.6 Å². The predicted octanol–water partition coefficient (Wildman–Crippen LogP) is 4.94. The topological polar surface area (TPSA) is 59.4 Å². The zero-order valence-corrected chi connectivity index (χ0v) is 19.5. The fourth-order valence-electron chi connectivity index (χ4n) is 4.27. The van der Waals surface area contributed by atoms with Crippen molar-refractivity contribution in [3.05, 3.63) is 75.9 Å². The number of hydrogen-bond acceptors (Lipinski definition) is 5. The summed E-state index contributed by atoms with van der Waals surface area (Å²) in [5, 5.41) is 4.09. The Kier molecular flexibility index (Phi) is 6.96. The molecule has 0 saturated carbocycles. The van der Waals surface area contributed by atoms with E-state index in [4.69, 9.17) is 4.74 Å². The molecule has 33 heavy (non-hydrogen) atoms. The third kappa shape index (κ3) is 5.18. The molecule has 1 aliphatic heterocycles. The summed E-state index contributed by atoms with van der Waals surface area (Å²) in [6, 6.07) is 10.4. The van der Waals surface area contributed by atoms with Crippen LogP contribution >= 0.6 is 0 Å². The van der Waals surface area contributed by atoms with E-state index in [1.165, 1.54) is 42.6 Å². The zero-order valence-electron chi connectivity index (χ0n) is 19.5. The molecule has 0 bridgehead atoms. The highest BCUT2D eigenvalue weighted by Crippen LogP contribution is 2.22. The maximum atomic E-state index is 14.2. The Morgan fingerprint density at radius 1 is 1.12 bits per heavy atom. The minimum atomic E-state index is -0.337. The molecule has 4 rings (SSSR count). The smallest absolute Gasteiger partial charge is 0.261 e. The van der Waals surface area contributed by atoms with Gasteiger partial charge in [0.2, 0.25) is 0 Å². The molecule has 2 aromatic carbocycles. The van der Waals surface area contributed by atoms with Crippen molar-refractivity contribution in [2.24, 2.45) is 0 Å². The van der Waals surface area contributed by atoms with Crippen LogP contribution in [0, 0.1) is 5.82 Å². The maximum Gasteiger partial charge on any atom is 0.261 e. The first-order chi connectivity index (χ1) is 16.0. The Hall–Kier alpha value is -3.35. The molecule has 1 fully saturated rings. The SMILES string of the molecule is COc1ccc(CCn2cnc3cc(NC(=C(C)C)N4CCCCC4)ccc3c2=O)c(F)c1. The third-order valence-corrected chi connectivity index (χ3v) is 6.12. The molecular weight excluding hydrogens is 419 g/mol. The molecule has 6 nitrogen and oxygen atoms in total. The third-order valence-electron chi connectivity index (χ3n) is 6.12. The second kappa shape index (κ2) is 10.1. The van der Waals surface area contributed by atoms with Gasteiger partial charge in [0.15, 0.2) is 0 Å². The maximum absolute atomic E-state index is 14.2. The lowest BCUT2D eigenvalue weighted by Gasteiger charge is -2.32. The van der Waals surface area contributed by atoms with Crippen LogP contribution in [0.1, 0.15) is 38.7 Å². The Balaban J connectivity index is 1.52. The van der Waals surface area contributed by atoms with Crippen LogP contribution in [0.15, 0.2) is 58.9 Å². The summed E-state index contributed by atoms with van der Waals surface area (Å²) in [5.74, 6) is 1.27. The van der Waals surface area contributed by atoms with Crippen molar-refractivity contribution in [3.63, 3.8) is 0 Å². The lowest BCUT2D eigenvalue weighted by molar-refractivity contribution is 0.285. The number of anilines is 1. The van der Waals surface area contributed by atoms with E-state index in [1.54, 1.807) is 18.5 Å². The van der Waals surface area contributed by atoms with E-state index in [1.807, 2.05) is 18.2 Å². The molecule has 0 radical (unpaired) electrons. The van der Waals surface area contributed by atoms with Gasteiger partial charge >= 0.3 is 0 Å². The summed E-state index contributed by atoms with van der Waals surface area (Å²) in [6.07, 6.45) is 5.63. The Bertz CT molecular complexity index is 1220. The van der Waals surface area contributed by atoms with Crippen LogP contribution in [0.4, 0.5) is 10.1 Å². The zero-order chi connectivity index (χ0) is 23.4. The van der Waals surface area contributed by atoms with Gasteiger partial charge in [-0.15, -0.1) is 0 Å². The summed E-state index contributed by atoms with van der Waals surface area (Å²) in [6.45, 7) is 6.68. The average Bonchev–Trinajstić information content (AvgIpc) is 2.83. The van der Waals surface area contributed by atoms with E-state index in [9.17, 15) is 9.18 Å². The van der Waals surface area contributed by atoms with Crippen molar-refractivity contribution in [1.29, 1.82) is 0 Å². The number of ether oxygens (including phenoxy) is 1. The number of benzene rings is 2. The number of allylic oxidation sites excluding steroid dienone is 1. The molecule has 0 atom stereocenters. The number of rotatable bonds is 7. The van der Waals surface area contributed by atoms with Gasteiger partial charge in [0.1, 0.15) is 17.4 Å². The average molecular weight is 451 g/mol. The molecule has 0 unspecified atom stereocenters. The molecule has 1 saturated heterocycles. The van der Waals surface area contributed by atoms with Gasteiger partial charge in [-0.1, -0.05) is 6.07 Å². The minimum absolute atomic E-state index is 0.126. The highest BCUT2D eigenvalue weighted by Gasteiger charge is 2.15. The number of aromatic nitrogens is 2. The lowest BCUT2D eigenvalue weighted by atomic mass is 10.1. The summed E-state index contributed by atoms with van der Waals surface area (Å²) in [4.78, 5) is 19.9. The van der Waals surface area contributed by atoms with E-state index < -0.39 is 0 Å². The van der Waals surface area contributed by atoms with E-state index in [-0.39, 0.29) is 11.4 Å². The Morgan fingerprint density at radius 2 is 1.91 bits per heavy atom. The number of methoxy groups -OCH3 is 1. The second-order valence-corrected chi connectivity index (χ2v) is 8.70. The molecule has 1 aromatic heterocycles. The molecule has 0 spiro atoms. The van der Waals surface area contributed by atoms with E-state index in [2.05, 4.69) is 29.0 Å². The van der Waals surface area contributed by atoms with Crippen LogP contribution in [-0.2, 0) is 13.0 Å². The molecule has 3 aromatic rings. The number of piperidine rings is 1. The number of aryl methyl sites for hydroxylation is 2. The van der Waals surface area contributed by atoms with Crippen molar-refractivity contribution in [2.75, 3.05) is 25.5 Å². The van der Waals surface area contributed by atoms with Gasteiger partial charge in [-0.3, -0.25) is 9.36 Å². The van der Waals surface area contributed by atoms with Crippen molar-refractivity contribution in [1.82, 2.24) is 14.5 Å². The second-order valence-electron chi connectivity index (χ2n) is 8.70. The standard InChI is InChI=1S/C26H31FN4O2/c1-18(2)25(30-12-5-4-6-13-30)29-20-8-10-22-24(15-20)28-17-31(26(22)32)14-11-19-7-9-21(33-3)16-23(19)27/h7-10,15-17,29H,4-6,11-14H2,1-3H3. The minimum Gasteiger partial charge on any atom is -0.497 e. The van der Waals surface area contributed by atoms with Crippen LogP contribution in [0.2, 0.25) is 0 Å². The number of nitrogens with one attached hydrogen (secondary N) is 1. The number of likely N-dealkylation sites (tertiary alicyclic amines) is 1. The van der Waals surface area contributed by atoms with Crippen molar-refractivity contribution in [2.45, 2.75) is 46.1 Å². The highest BCUT2D eigenvalue weighted by atomic mass is 19.1. The fourth-order valence-corrected chi connectivity index (χ4v) is 4.27. The monoisotopic (exact) mass is 450 g/mol. The molecule has 1 aliphatic rings. The summed E-state index contributed by atoms with van der Waals surface area (Å²) in [5.41, 5.74) is 3.19. The van der Waals surface area contributed by atoms with Gasteiger partial charge in [0.25, 0.3) is 5.56 Å². The van der Waals surface area contributed by atoms with Crippen LogP contribution in [0.25, 0.3) is 10.9 Å². The van der Waals surface area contributed by atoms with E-state index in [0.717, 1.165) is 24.6 Å². The molecule has 0 aliphatic carbocycles. The largest absolute Gasteiger partial charge is 0.497 e. The van der Waals surface area contributed by atoms with Crippen molar-refractivity contribution < 1.29 is 9.13 Å². The lowest BCUT2D eigenvalue weighted by Crippen LogP contribution is -2.33. The first-order valence-electron chi connectivity index (χ1n) is 11.5. The number of fused-ring (bicyclic) bond motifs is 1. The van der Waals surface area contributed by atoms with Crippen LogP contribution in [0.3, 0.4) is 0 Å². The van der Waals surface area contributed by atoms with E-state index >= 15 is 0 Å². The molecular formula is C26H31FN4O2. The molecule has 1 N–H and O–H groups in total. The summed E-state index contributed by atoms with van der Waals surface area (Å²) in [7, 11) is 1.50. The fraction of sp³-hybridized carbons (Fsp3) is 0.385. The van der Waals surface area contributed by atoms with Gasteiger partial charge in [0.05, 0.1) is 24.3 Å². The van der Waals surface area contributed by atoms with Crippen LogP contribution in [0.5, 0.6) is 5.75 Å². The molecule has 7 heteroatoms. The van der Waals surface area contributed by atoms with Gasteiger partial charge in [-0.05, 0) is 74.9 Å². The molecule has 2 heterocycles. The first-order valence-corrected chi connectivity index (χ1v) is 11.5. The van der Waals surface area contributed by atoms with Crippen LogP contribution in [-0.4, -0.2) is 34.7 Å². The predicted molar refractivity (Wildman–Crippen MR) is 130 cm³/mol. The normalized spacial score (nSPS) is 13.8. The van der Waals surface area contributed by atoms with Gasteiger partial charge < -0.3 is 15.0 Å². The van der Waals surface area contributed by atoms with Gasteiger partial charge in [-0.25, -0.2) is 9.37 Å². The highest BCUT2D eigenvalue weighted by molar-refractivity contribution is 5.81.